The van der Waals surface area contributed by atoms with Crippen LogP contribution in [-0.4, -0.2) is 17.9 Å². The first-order chi connectivity index (χ1) is 10.5. The van der Waals surface area contributed by atoms with Crippen LogP contribution in [0, 0.1) is 27.4 Å². The minimum atomic E-state index is -0.505. The molecule has 0 aromatic heterocycles. The number of nitro groups is 1. The highest BCUT2D eigenvalue weighted by Gasteiger charge is 2.26. The van der Waals surface area contributed by atoms with Gasteiger partial charge in [-0.3, -0.25) is 14.9 Å². The first-order valence-corrected chi connectivity index (χ1v) is 7.46. The van der Waals surface area contributed by atoms with Crippen LogP contribution in [0.1, 0.15) is 37.7 Å². The molecule has 1 aliphatic rings. The molecule has 1 aromatic carbocycles. The maximum absolute atomic E-state index is 12.5. The summed E-state index contributed by atoms with van der Waals surface area (Å²) in [5.41, 5.74) is 0.765. The molecule has 0 unspecified atom stereocenters. The molecule has 1 fully saturated rings. The average Bonchev–Trinajstić information content (AvgIpc) is 2.54. The van der Waals surface area contributed by atoms with E-state index in [4.69, 9.17) is 5.26 Å². The number of hydrogen-bond donors (Lipinski definition) is 0. The van der Waals surface area contributed by atoms with Crippen molar-refractivity contribution in [2.75, 3.05) is 11.9 Å². The highest BCUT2D eigenvalue weighted by atomic mass is 16.6. The van der Waals surface area contributed by atoms with E-state index in [2.05, 4.69) is 0 Å². The zero-order valence-corrected chi connectivity index (χ0v) is 12.6. The van der Waals surface area contributed by atoms with Crippen molar-refractivity contribution in [2.24, 2.45) is 5.92 Å². The Hall–Kier alpha value is -2.42. The predicted molar refractivity (Wildman–Crippen MR) is 82.4 cm³/mol. The van der Waals surface area contributed by atoms with Gasteiger partial charge in [0.05, 0.1) is 23.1 Å². The second-order valence-electron chi connectivity index (χ2n) is 5.64. The molecule has 116 valence electrons. The lowest BCUT2D eigenvalue weighted by molar-refractivity contribution is -0.385. The zero-order chi connectivity index (χ0) is 16.1. The second kappa shape index (κ2) is 7.03. The molecule has 0 saturated heterocycles. The largest absolute Gasteiger partial charge is 0.315 e. The Balaban J connectivity index is 2.24. The summed E-state index contributed by atoms with van der Waals surface area (Å²) in [6.45, 7) is 0. The molecule has 0 N–H and O–H groups in total. The smallest absolute Gasteiger partial charge is 0.275 e. The van der Waals surface area contributed by atoms with Gasteiger partial charge in [0.25, 0.3) is 5.69 Å². The van der Waals surface area contributed by atoms with E-state index in [9.17, 15) is 14.9 Å². The molecular formula is C16H19N3O3. The van der Waals surface area contributed by atoms with Crippen LogP contribution in [0.3, 0.4) is 0 Å². The number of benzene rings is 1. The fraction of sp³-hybridized carbons (Fsp3) is 0.500. The van der Waals surface area contributed by atoms with Crippen molar-refractivity contribution < 1.29 is 9.72 Å². The Morgan fingerprint density at radius 3 is 2.68 bits per heavy atom. The summed E-state index contributed by atoms with van der Waals surface area (Å²) in [4.78, 5) is 24.6. The Morgan fingerprint density at radius 2 is 2.09 bits per heavy atom. The predicted octanol–water partition coefficient (Wildman–Crippen LogP) is 3.20. The van der Waals surface area contributed by atoms with E-state index < -0.39 is 4.92 Å². The van der Waals surface area contributed by atoms with Gasteiger partial charge in [-0.15, -0.1) is 0 Å². The third-order valence-electron chi connectivity index (χ3n) is 4.21. The lowest BCUT2D eigenvalue weighted by atomic mass is 9.88. The van der Waals surface area contributed by atoms with Crippen molar-refractivity contribution in [3.8, 4) is 6.07 Å². The van der Waals surface area contributed by atoms with E-state index in [1.165, 1.54) is 17.4 Å². The van der Waals surface area contributed by atoms with E-state index in [1.807, 2.05) is 6.07 Å². The number of carbonyl (C=O) groups is 1. The quantitative estimate of drug-likeness (QED) is 0.631. The van der Waals surface area contributed by atoms with Crippen LogP contribution in [0.15, 0.2) is 18.2 Å². The number of nitro benzene ring substituents is 1. The molecule has 0 aliphatic heterocycles. The number of nitriles is 1. The van der Waals surface area contributed by atoms with Crippen LogP contribution in [0.25, 0.3) is 0 Å². The molecular weight excluding hydrogens is 282 g/mol. The lowest BCUT2D eigenvalue weighted by Gasteiger charge is -2.26. The normalized spacial score (nSPS) is 15.1. The summed E-state index contributed by atoms with van der Waals surface area (Å²) >= 11 is 0. The SMILES string of the molecule is CN(C(=O)C1CCCCC1)c1ccc(CC#N)c([N+](=O)[O-])c1. The van der Waals surface area contributed by atoms with Crippen molar-refractivity contribution >= 4 is 17.3 Å². The molecule has 6 nitrogen and oxygen atoms in total. The minimum absolute atomic E-state index is 0.0107. The first kappa shape index (κ1) is 16.0. The van der Waals surface area contributed by atoms with E-state index in [1.54, 1.807) is 19.2 Å². The van der Waals surface area contributed by atoms with Gasteiger partial charge in [-0.05, 0) is 25.0 Å². The van der Waals surface area contributed by atoms with E-state index in [0.29, 0.717) is 11.3 Å². The van der Waals surface area contributed by atoms with Crippen molar-refractivity contribution in [2.45, 2.75) is 38.5 Å². The first-order valence-electron chi connectivity index (χ1n) is 7.46. The fourth-order valence-corrected chi connectivity index (χ4v) is 2.92. The minimum Gasteiger partial charge on any atom is -0.315 e. The summed E-state index contributed by atoms with van der Waals surface area (Å²) in [6, 6.07) is 6.52. The number of anilines is 1. The van der Waals surface area contributed by atoms with Gasteiger partial charge >= 0.3 is 0 Å². The Kier molecular flexibility index (Phi) is 5.10. The molecule has 0 heterocycles. The van der Waals surface area contributed by atoms with Crippen molar-refractivity contribution in [1.82, 2.24) is 0 Å². The van der Waals surface area contributed by atoms with E-state index >= 15 is 0 Å². The third kappa shape index (κ3) is 3.42. The van der Waals surface area contributed by atoms with Gasteiger partial charge < -0.3 is 4.90 Å². The van der Waals surface area contributed by atoms with Crippen molar-refractivity contribution in [3.63, 3.8) is 0 Å². The van der Waals surface area contributed by atoms with Crippen molar-refractivity contribution in [3.05, 3.63) is 33.9 Å². The van der Waals surface area contributed by atoms with E-state index in [0.717, 1.165) is 25.7 Å². The van der Waals surface area contributed by atoms with Crippen LogP contribution in [0.2, 0.25) is 0 Å². The number of amides is 1. The standard InChI is InChI=1S/C16H19N3O3/c1-18(16(20)13-5-3-2-4-6-13)14-8-7-12(9-10-17)15(11-14)19(21)22/h7-8,11,13H,2-6,9H2,1H3. The number of nitrogens with zero attached hydrogens (tertiary/aromatic N) is 3. The lowest BCUT2D eigenvalue weighted by Crippen LogP contribution is -2.34. The molecule has 22 heavy (non-hydrogen) atoms. The maximum atomic E-state index is 12.5. The molecule has 0 bridgehead atoms. The van der Waals surface area contributed by atoms with Gasteiger partial charge in [-0.25, -0.2) is 0 Å². The van der Waals surface area contributed by atoms with Gasteiger partial charge in [0.2, 0.25) is 5.91 Å². The molecule has 1 saturated carbocycles. The Morgan fingerprint density at radius 1 is 1.41 bits per heavy atom. The van der Waals surface area contributed by atoms with Crippen LogP contribution < -0.4 is 4.90 Å². The molecule has 0 atom stereocenters. The van der Waals surface area contributed by atoms with Crippen molar-refractivity contribution in [1.29, 1.82) is 5.26 Å². The average molecular weight is 301 g/mol. The second-order valence-corrected chi connectivity index (χ2v) is 5.64. The summed E-state index contributed by atoms with van der Waals surface area (Å²) < 4.78 is 0. The highest BCUT2D eigenvalue weighted by molar-refractivity contribution is 5.94. The Bertz CT molecular complexity index is 616. The number of rotatable bonds is 4. The summed E-state index contributed by atoms with van der Waals surface area (Å²) in [5, 5.41) is 19.9. The molecule has 1 aromatic rings. The van der Waals surface area contributed by atoms with Crippen LogP contribution in [-0.2, 0) is 11.2 Å². The number of carbonyl (C=O) groups excluding carboxylic acids is 1. The number of hydrogen-bond acceptors (Lipinski definition) is 4. The van der Waals surface area contributed by atoms with Gasteiger partial charge in [0.15, 0.2) is 0 Å². The molecule has 0 radical (unpaired) electrons. The van der Waals surface area contributed by atoms with Gasteiger partial charge in [-0.1, -0.05) is 19.3 Å². The van der Waals surface area contributed by atoms with E-state index in [-0.39, 0.29) is 23.9 Å². The third-order valence-corrected chi connectivity index (χ3v) is 4.21. The van der Waals surface area contributed by atoms with Gasteiger partial charge in [0.1, 0.15) is 0 Å². The summed E-state index contributed by atoms with van der Waals surface area (Å²) in [5.74, 6) is 0.0265. The highest BCUT2D eigenvalue weighted by Crippen LogP contribution is 2.29. The van der Waals surface area contributed by atoms with Crippen LogP contribution in [0.4, 0.5) is 11.4 Å². The van der Waals surface area contributed by atoms with Crippen LogP contribution >= 0.6 is 0 Å². The summed E-state index contributed by atoms with van der Waals surface area (Å²) in [6.07, 6.45) is 5.05. The fourth-order valence-electron chi connectivity index (χ4n) is 2.92. The van der Waals surface area contributed by atoms with Gasteiger partial charge in [-0.2, -0.15) is 5.26 Å². The topological polar surface area (TPSA) is 87.2 Å². The van der Waals surface area contributed by atoms with Crippen LogP contribution in [0.5, 0.6) is 0 Å². The maximum Gasteiger partial charge on any atom is 0.275 e. The molecule has 6 heteroatoms. The molecule has 2 rings (SSSR count). The monoisotopic (exact) mass is 301 g/mol. The van der Waals surface area contributed by atoms with Gasteiger partial charge in [0, 0.05) is 24.6 Å². The molecule has 1 aliphatic carbocycles. The molecule has 1 amide bonds. The Labute approximate surface area is 129 Å². The zero-order valence-electron chi connectivity index (χ0n) is 12.6. The molecule has 0 spiro atoms. The summed E-state index contributed by atoms with van der Waals surface area (Å²) in [7, 11) is 1.65.